The Balaban J connectivity index is 1.51. The van der Waals surface area contributed by atoms with Gasteiger partial charge in [-0.15, -0.1) is 0 Å². The van der Waals surface area contributed by atoms with Crippen LogP contribution in [0.15, 0.2) is 51.8 Å². The number of nitrogens with zero attached hydrogens (tertiary/aromatic N) is 1. The summed E-state index contributed by atoms with van der Waals surface area (Å²) in [5.41, 5.74) is 3.36. The number of amides is 2. The zero-order chi connectivity index (χ0) is 19.0. The number of fused-ring (bicyclic) bond motifs is 1. The van der Waals surface area contributed by atoms with Gasteiger partial charge in [-0.05, 0) is 41.8 Å². The van der Waals surface area contributed by atoms with Crippen LogP contribution in [0.4, 0.5) is 4.79 Å². The first kappa shape index (κ1) is 17.9. The summed E-state index contributed by atoms with van der Waals surface area (Å²) < 4.78 is 17.3. The lowest BCUT2D eigenvalue weighted by Gasteiger charge is -2.04. The van der Waals surface area contributed by atoms with Crippen molar-refractivity contribution in [1.29, 1.82) is 0 Å². The first-order valence-corrected chi connectivity index (χ1v) is 10.7. The molecule has 8 heteroatoms. The standard InChI is InChI=1S/C19H16N2O4S2/c1-27(24)13-5-2-11(3-6-13)10-17-20-14-8-12(4-7-15(14)25-17)9-16-18(22)21-19(23)26-16/h2-8,16H,9-10H2,1H3,(H,21,22,23). The SMILES string of the molecule is CS(=O)c1ccc(Cc2nc3cc(CC4SC(=O)NC4=O)ccc3o2)cc1. The van der Waals surface area contributed by atoms with Crippen LogP contribution in [0, 0.1) is 0 Å². The van der Waals surface area contributed by atoms with Gasteiger partial charge in [0.2, 0.25) is 5.91 Å². The molecule has 2 amide bonds. The van der Waals surface area contributed by atoms with Crippen LogP contribution in [0.3, 0.4) is 0 Å². The lowest BCUT2D eigenvalue weighted by Crippen LogP contribution is -2.25. The third kappa shape index (κ3) is 3.96. The van der Waals surface area contributed by atoms with E-state index in [1.807, 2.05) is 42.5 Å². The fourth-order valence-corrected chi connectivity index (χ4v) is 4.32. The van der Waals surface area contributed by atoms with Crippen LogP contribution in [0.1, 0.15) is 17.0 Å². The Bertz CT molecular complexity index is 1060. The average Bonchev–Trinajstić information content (AvgIpc) is 3.17. The number of aromatic nitrogens is 1. The molecule has 1 N–H and O–H groups in total. The van der Waals surface area contributed by atoms with Crippen molar-refractivity contribution in [1.82, 2.24) is 10.3 Å². The van der Waals surface area contributed by atoms with Gasteiger partial charge in [-0.3, -0.25) is 19.1 Å². The lowest BCUT2D eigenvalue weighted by molar-refractivity contribution is -0.118. The Morgan fingerprint density at radius 3 is 2.56 bits per heavy atom. The fraction of sp³-hybridized carbons (Fsp3) is 0.211. The zero-order valence-corrected chi connectivity index (χ0v) is 16.1. The summed E-state index contributed by atoms with van der Waals surface area (Å²) in [4.78, 5) is 28.3. The highest BCUT2D eigenvalue weighted by molar-refractivity contribution is 8.15. The van der Waals surface area contributed by atoms with Crippen molar-refractivity contribution in [3.05, 3.63) is 59.5 Å². The Morgan fingerprint density at radius 2 is 1.89 bits per heavy atom. The molecule has 1 aromatic heterocycles. The first-order chi connectivity index (χ1) is 13.0. The van der Waals surface area contributed by atoms with E-state index >= 15 is 0 Å². The van der Waals surface area contributed by atoms with E-state index in [9.17, 15) is 13.8 Å². The van der Waals surface area contributed by atoms with Gasteiger partial charge in [0.15, 0.2) is 11.5 Å². The molecule has 3 aromatic rings. The molecular weight excluding hydrogens is 384 g/mol. The highest BCUT2D eigenvalue weighted by atomic mass is 32.2. The summed E-state index contributed by atoms with van der Waals surface area (Å²) in [6.45, 7) is 0. The van der Waals surface area contributed by atoms with E-state index < -0.39 is 16.0 Å². The van der Waals surface area contributed by atoms with Gasteiger partial charge in [0.1, 0.15) is 5.52 Å². The second-order valence-corrected chi connectivity index (χ2v) is 8.83. The van der Waals surface area contributed by atoms with Gasteiger partial charge in [0, 0.05) is 28.4 Å². The van der Waals surface area contributed by atoms with Crippen LogP contribution < -0.4 is 5.32 Å². The van der Waals surface area contributed by atoms with E-state index in [-0.39, 0.29) is 11.1 Å². The first-order valence-electron chi connectivity index (χ1n) is 8.30. The van der Waals surface area contributed by atoms with Gasteiger partial charge in [0.05, 0.1) is 5.25 Å². The average molecular weight is 400 g/mol. The summed E-state index contributed by atoms with van der Waals surface area (Å²) in [5, 5.41) is 1.60. The maximum Gasteiger partial charge on any atom is 0.286 e. The minimum atomic E-state index is -0.996. The Morgan fingerprint density at radius 1 is 1.15 bits per heavy atom. The van der Waals surface area contributed by atoms with Gasteiger partial charge in [-0.1, -0.05) is 30.0 Å². The minimum absolute atomic E-state index is 0.248. The van der Waals surface area contributed by atoms with Gasteiger partial charge in [0.25, 0.3) is 5.24 Å². The molecular formula is C19H16N2O4S2. The van der Waals surface area contributed by atoms with Gasteiger partial charge in [-0.25, -0.2) is 4.98 Å². The summed E-state index contributed by atoms with van der Waals surface area (Å²) in [6, 6.07) is 13.1. The number of thioether (sulfide) groups is 1. The molecule has 1 aliphatic rings. The predicted molar refractivity (Wildman–Crippen MR) is 104 cm³/mol. The van der Waals surface area contributed by atoms with Gasteiger partial charge >= 0.3 is 0 Å². The van der Waals surface area contributed by atoms with Crippen molar-refractivity contribution in [2.45, 2.75) is 23.0 Å². The molecule has 138 valence electrons. The molecule has 2 unspecified atom stereocenters. The van der Waals surface area contributed by atoms with Gasteiger partial charge < -0.3 is 4.42 Å². The predicted octanol–water partition coefficient (Wildman–Crippen LogP) is 3.05. The number of carbonyl (C=O) groups is 2. The second kappa shape index (κ2) is 7.28. The van der Waals surface area contributed by atoms with E-state index in [2.05, 4.69) is 10.3 Å². The third-order valence-electron chi connectivity index (χ3n) is 4.29. The van der Waals surface area contributed by atoms with E-state index in [1.54, 1.807) is 6.26 Å². The number of nitrogens with one attached hydrogen (secondary N) is 1. The summed E-state index contributed by atoms with van der Waals surface area (Å²) in [5.74, 6) is 0.345. The molecule has 1 aliphatic heterocycles. The molecule has 0 radical (unpaired) electrons. The van der Waals surface area contributed by atoms with E-state index in [0.29, 0.717) is 24.3 Å². The molecule has 1 saturated heterocycles. The molecule has 27 heavy (non-hydrogen) atoms. The monoisotopic (exact) mass is 400 g/mol. The largest absolute Gasteiger partial charge is 0.440 e. The van der Waals surface area contributed by atoms with Crippen LogP contribution >= 0.6 is 11.8 Å². The van der Waals surface area contributed by atoms with Crippen LogP contribution in [-0.4, -0.2) is 31.8 Å². The van der Waals surface area contributed by atoms with Crippen LogP contribution in [0.2, 0.25) is 0 Å². The van der Waals surface area contributed by atoms with Crippen molar-refractivity contribution < 1.29 is 18.2 Å². The summed E-state index contributed by atoms with van der Waals surface area (Å²) >= 11 is 1.02. The van der Waals surface area contributed by atoms with Crippen molar-refractivity contribution in [3.8, 4) is 0 Å². The maximum atomic E-state index is 11.7. The summed E-state index contributed by atoms with van der Waals surface area (Å²) in [7, 11) is -0.996. The smallest absolute Gasteiger partial charge is 0.286 e. The lowest BCUT2D eigenvalue weighted by atomic mass is 10.1. The molecule has 1 fully saturated rings. The molecule has 0 spiro atoms. The normalized spacial score (nSPS) is 18.0. The highest BCUT2D eigenvalue weighted by Gasteiger charge is 2.31. The van der Waals surface area contributed by atoms with E-state index in [0.717, 1.165) is 33.3 Å². The molecule has 0 saturated carbocycles. The van der Waals surface area contributed by atoms with Crippen LogP contribution in [0.5, 0.6) is 0 Å². The topological polar surface area (TPSA) is 89.3 Å². The highest BCUT2D eigenvalue weighted by Crippen LogP contribution is 2.25. The summed E-state index contributed by atoms with van der Waals surface area (Å²) in [6.07, 6.45) is 2.66. The number of benzene rings is 2. The van der Waals surface area contributed by atoms with Crippen LogP contribution in [-0.2, 0) is 28.4 Å². The van der Waals surface area contributed by atoms with Crippen LogP contribution in [0.25, 0.3) is 11.1 Å². The quantitative estimate of drug-likeness (QED) is 0.708. The number of oxazole rings is 1. The number of carbonyl (C=O) groups excluding carboxylic acids is 2. The Kier molecular flexibility index (Phi) is 4.84. The van der Waals surface area contributed by atoms with E-state index in [4.69, 9.17) is 4.42 Å². The van der Waals surface area contributed by atoms with Gasteiger partial charge in [-0.2, -0.15) is 0 Å². The maximum absolute atomic E-state index is 11.7. The molecule has 0 aliphatic carbocycles. The number of hydrogen-bond acceptors (Lipinski definition) is 6. The zero-order valence-electron chi connectivity index (χ0n) is 14.4. The molecule has 2 aromatic carbocycles. The molecule has 2 heterocycles. The molecule has 0 bridgehead atoms. The number of hydrogen-bond donors (Lipinski definition) is 1. The van der Waals surface area contributed by atoms with Crippen molar-refractivity contribution >= 4 is 44.8 Å². The van der Waals surface area contributed by atoms with Crippen molar-refractivity contribution in [3.63, 3.8) is 0 Å². The number of rotatable bonds is 5. The van der Waals surface area contributed by atoms with Crippen molar-refractivity contribution in [2.75, 3.05) is 6.26 Å². The Labute approximate surface area is 162 Å². The number of imide groups is 1. The Hall–Kier alpha value is -2.45. The minimum Gasteiger partial charge on any atom is -0.440 e. The van der Waals surface area contributed by atoms with E-state index in [1.165, 1.54) is 0 Å². The second-order valence-electron chi connectivity index (χ2n) is 6.27. The molecule has 6 nitrogen and oxygen atoms in total. The molecule has 4 rings (SSSR count). The third-order valence-corrected chi connectivity index (χ3v) is 6.21. The fourth-order valence-electron chi connectivity index (χ4n) is 2.94. The molecule has 2 atom stereocenters. The van der Waals surface area contributed by atoms with Crippen molar-refractivity contribution in [2.24, 2.45) is 0 Å².